The Labute approximate surface area is 113 Å². The molecular formula is C15H19ClN2. The monoisotopic (exact) mass is 262 g/mol. The molecule has 1 aliphatic rings. The van der Waals surface area contributed by atoms with E-state index in [4.69, 9.17) is 11.6 Å². The maximum Gasteiger partial charge on any atom is 0.0661 e. The lowest BCUT2D eigenvalue weighted by Gasteiger charge is -2.13. The number of halogens is 1. The molecule has 0 spiro atoms. The van der Waals surface area contributed by atoms with Crippen LogP contribution in [0.4, 0.5) is 0 Å². The van der Waals surface area contributed by atoms with E-state index in [0.29, 0.717) is 6.04 Å². The average molecular weight is 263 g/mol. The largest absolute Gasteiger partial charge is 0.345 e. The first-order chi connectivity index (χ1) is 8.75. The van der Waals surface area contributed by atoms with Crippen molar-refractivity contribution in [1.29, 1.82) is 0 Å². The van der Waals surface area contributed by atoms with Crippen LogP contribution < -0.4 is 5.32 Å². The molecule has 1 aromatic carbocycles. The molecule has 0 amide bonds. The highest BCUT2D eigenvalue weighted by molar-refractivity contribution is 6.35. The van der Waals surface area contributed by atoms with Gasteiger partial charge in [-0.25, -0.2) is 0 Å². The summed E-state index contributed by atoms with van der Waals surface area (Å²) < 4.78 is 2.24. The van der Waals surface area contributed by atoms with Crippen LogP contribution in [0.3, 0.4) is 0 Å². The minimum absolute atomic E-state index is 0.655. The summed E-state index contributed by atoms with van der Waals surface area (Å²) in [4.78, 5) is 0. The maximum atomic E-state index is 6.24. The lowest BCUT2D eigenvalue weighted by atomic mass is 10.2. The van der Waals surface area contributed by atoms with E-state index < -0.39 is 0 Å². The van der Waals surface area contributed by atoms with E-state index in [1.54, 1.807) is 0 Å². The molecule has 1 unspecified atom stereocenters. The molecule has 2 nitrogen and oxygen atoms in total. The minimum Gasteiger partial charge on any atom is -0.345 e. The molecule has 1 atom stereocenters. The second-order valence-electron chi connectivity index (χ2n) is 5.27. The van der Waals surface area contributed by atoms with E-state index in [2.05, 4.69) is 35.0 Å². The molecule has 1 fully saturated rings. The van der Waals surface area contributed by atoms with Crippen molar-refractivity contribution in [2.24, 2.45) is 5.92 Å². The molecule has 3 heteroatoms. The summed E-state index contributed by atoms with van der Waals surface area (Å²) in [6.07, 6.45) is 4.83. The molecule has 0 bridgehead atoms. The maximum absolute atomic E-state index is 6.24. The Kier molecular flexibility index (Phi) is 3.31. The smallest absolute Gasteiger partial charge is 0.0661 e. The standard InChI is InChI=1S/C15H19ClN2/c1-11(12-6-7-12)17-8-9-18-10-14(16)13-4-2-3-5-15(13)18/h2-5,10-12,17H,6-9H2,1H3. The molecule has 0 aliphatic heterocycles. The van der Waals surface area contributed by atoms with Gasteiger partial charge in [0.1, 0.15) is 0 Å². The third kappa shape index (κ3) is 2.40. The summed E-state index contributed by atoms with van der Waals surface area (Å²) in [5, 5.41) is 5.60. The number of rotatable bonds is 5. The number of benzene rings is 1. The Morgan fingerprint density at radius 1 is 1.39 bits per heavy atom. The first-order valence-electron chi connectivity index (χ1n) is 6.72. The Morgan fingerprint density at radius 3 is 2.94 bits per heavy atom. The van der Waals surface area contributed by atoms with Crippen LogP contribution in [-0.4, -0.2) is 17.2 Å². The molecule has 96 valence electrons. The van der Waals surface area contributed by atoms with Crippen LogP contribution in [-0.2, 0) is 6.54 Å². The van der Waals surface area contributed by atoms with Gasteiger partial charge in [0, 0.05) is 36.2 Å². The van der Waals surface area contributed by atoms with Gasteiger partial charge in [-0.1, -0.05) is 29.8 Å². The summed E-state index contributed by atoms with van der Waals surface area (Å²) in [5.41, 5.74) is 1.23. The second kappa shape index (κ2) is 4.94. The highest BCUT2D eigenvalue weighted by atomic mass is 35.5. The predicted molar refractivity (Wildman–Crippen MR) is 77.1 cm³/mol. The van der Waals surface area contributed by atoms with Gasteiger partial charge in [0.2, 0.25) is 0 Å². The highest BCUT2D eigenvalue weighted by Crippen LogP contribution is 2.32. The van der Waals surface area contributed by atoms with Crippen molar-refractivity contribution in [2.45, 2.75) is 32.4 Å². The summed E-state index contributed by atoms with van der Waals surface area (Å²) in [6.45, 7) is 4.27. The predicted octanol–water partition coefficient (Wildman–Crippen LogP) is 3.68. The zero-order valence-electron chi connectivity index (χ0n) is 10.7. The summed E-state index contributed by atoms with van der Waals surface area (Å²) in [6, 6.07) is 8.96. The van der Waals surface area contributed by atoms with Gasteiger partial charge >= 0.3 is 0 Å². The topological polar surface area (TPSA) is 17.0 Å². The van der Waals surface area contributed by atoms with Gasteiger partial charge in [0.05, 0.1) is 5.02 Å². The summed E-state index contributed by atoms with van der Waals surface area (Å²) in [5.74, 6) is 0.912. The van der Waals surface area contributed by atoms with Gasteiger partial charge in [-0.2, -0.15) is 0 Å². The fourth-order valence-corrected chi connectivity index (χ4v) is 2.84. The zero-order chi connectivity index (χ0) is 12.5. The number of nitrogens with zero attached hydrogens (tertiary/aromatic N) is 1. The molecular weight excluding hydrogens is 244 g/mol. The summed E-state index contributed by atoms with van der Waals surface area (Å²) >= 11 is 6.24. The number of nitrogens with one attached hydrogen (secondary N) is 1. The Hall–Kier alpha value is -0.990. The van der Waals surface area contributed by atoms with Crippen molar-refractivity contribution >= 4 is 22.5 Å². The van der Waals surface area contributed by atoms with Crippen LogP contribution in [0, 0.1) is 5.92 Å². The van der Waals surface area contributed by atoms with Crippen molar-refractivity contribution in [3.8, 4) is 0 Å². The molecule has 1 heterocycles. The first kappa shape index (κ1) is 12.1. The van der Waals surface area contributed by atoms with E-state index in [1.807, 2.05) is 12.3 Å². The average Bonchev–Trinajstić information content (AvgIpc) is 3.17. The lowest BCUT2D eigenvalue weighted by Crippen LogP contribution is -2.30. The van der Waals surface area contributed by atoms with Gasteiger partial charge in [0.15, 0.2) is 0 Å². The fraction of sp³-hybridized carbons (Fsp3) is 0.467. The molecule has 2 aromatic rings. The first-order valence-corrected chi connectivity index (χ1v) is 7.10. The van der Waals surface area contributed by atoms with Crippen LogP contribution in [0.2, 0.25) is 5.02 Å². The van der Waals surface area contributed by atoms with Gasteiger partial charge in [-0.05, 0) is 31.7 Å². The van der Waals surface area contributed by atoms with Gasteiger partial charge in [-0.3, -0.25) is 0 Å². The van der Waals surface area contributed by atoms with Gasteiger partial charge < -0.3 is 9.88 Å². The molecule has 1 aliphatic carbocycles. The normalized spacial score (nSPS) is 17.2. The van der Waals surface area contributed by atoms with Crippen LogP contribution in [0.5, 0.6) is 0 Å². The highest BCUT2D eigenvalue weighted by Gasteiger charge is 2.27. The Morgan fingerprint density at radius 2 is 2.17 bits per heavy atom. The lowest BCUT2D eigenvalue weighted by molar-refractivity contribution is 0.478. The van der Waals surface area contributed by atoms with E-state index >= 15 is 0 Å². The van der Waals surface area contributed by atoms with Crippen molar-refractivity contribution in [3.63, 3.8) is 0 Å². The third-order valence-electron chi connectivity index (χ3n) is 3.89. The van der Waals surface area contributed by atoms with Gasteiger partial charge in [0.25, 0.3) is 0 Å². The fourth-order valence-electron chi connectivity index (χ4n) is 2.56. The quantitative estimate of drug-likeness (QED) is 0.870. The molecule has 18 heavy (non-hydrogen) atoms. The van der Waals surface area contributed by atoms with Crippen molar-refractivity contribution in [3.05, 3.63) is 35.5 Å². The number of hydrogen-bond donors (Lipinski definition) is 1. The zero-order valence-corrected chi connectivity index (χ0v) is 11.5. The van der Waals surface area contributed by atoms with Crippen molar-refractivity contribution in [2.75, 3.05) is 6.54 Å². The number of hydrogen-bond acceptors (Lipinski definition) is 1. The third-order valence-corrected chi connectivity index (χ3v) is 4.19. The van der Waals surface area contributed by atoms with Gasteiger partial charge in [-0.15, -0.1) is 0 Å². The van der Waals surface area contributed by atoms with Crippen molar-refractivity contribution in [1.82, 2.24) is 9.88 Å². The van der Waals surface area contributed by atoms with Crippen LogP contribution >= 0.6 is 11.6 Å². The molecule has 1 N–H and O–H groups in total. The molecule has 0 radical (unpaired) electrons. The Bertz CT molecular complexity index is 542. The van der Waals surface area contributed by atoms with E-state index in [1.165, 1.54) is 18.4 Å². The molecule has 1 aromatic heterocycles. The SMILES string of the molecule is CC(NCCn1cc(Cl)c2ccccc21)C1CC1. The van der Waals surface area contributed by atoms with Crippen LogP contribution in [0.1, 0.15) is 19.8 Å². The minimum atomic E-state index is 0.655. The molecule has 1 saturated carbocycles. The van der Waals surface area contributed by atoms with E-state index in [0.717, 1.165) is 29.4 Å². The van der Waals surface area contributed by atoms with Crippen LogP contribution in [0.25, 0.3) is 10.9 Å². The number of para-hydroxylation sites is 1. The van der Waals surface area contributed by atoms with E-state index in [9.17, 15) is 0 Å². The second-order valence-corrected chi connectivity index (χ2v) is 5.68. The number of fused-ring (bicyclic) bond motifs is 1. The Balaban J connectivity index is 1.67. The summed E-state index contributed by atoms with van der Waals surface area (Å²) in [7, 11) is 0. The van der Waals surface area contributed by atoms with E-state index in [-0.39, 0.29) is 0 Å². The van der Waals surface area contributed by atoms with Crippen molar-refractivity contribution < 1.29 is 0 Å². The van der Waals surface area contributed by atoms with Crippen LogP contribution in [0.15, 0.2) is 30.5 Å². The molecule has 0 saturated heterocycles. The number of aromatic nitrogens is 1. The molecule has 3 rings (SSSR count).